The smallest absolute Gasteiger partial charge is 0.230 e. The van der Waals surface area contributed by atoms with Crippen molar-refractivity contribution in [2.75, 3.05) is 19.8 Å². The summed E-state index contributed by atoms with van der Waals surface area (Å²) in [4.78, 5) is 8.67. The molecular weight excluding hydrogens is 359 g/mol. The van der Waals surface area contributed by atoms with Crippen LogP contribution < -0.4 is 10.7 Å². The summed E-state index contributed by atoms with van der Waals surface area (Å²) < 4.78 is 4.31. The molecule has 0 bridgehead atoms. The first-order valence-corrected chi connectivity index (χ1v) is 7.00. The number of alkyl halides is 1. The Morgan fingerprint density at radius 1 is 1.26 bits per heavy atom. The lowest BCUT2D eigenvalue weighted by Gasteiger charge is -2.19. The summed E-state index contributed by atoms with van der Waals surface area (Å²) in [5, 5.41) is 19.7. The molecule has 0 saturated heterocycles. The minimum atomic E-state index is -1.01. The van der Waals surface area contributed by atoms with E-state index < -0.39 is 10.7 Å². The van der Waals surface area contributed by atoms with E-state index in [4.69, 9.17) is 38.2 Å². The van der Waals surface area contributed by atoms with Crippen molar-refractivity contribution >= 4 is 39.1 Å². The lowest BCUT2D eigenvalue weighted by atomic mass is 10.3. The van der Waals surface area contributed by atoms with Crippen molar-refractivity contribution in [1.29, 1.82) is 0 Å². The van der Waals surface area contributed by atoms with Crippen molar-refractivity contribution < 1.29 is 14.9 Å². The molecule has 1 heterocycles. The first kappa shape index (κ1) is 15.2. The topological polar surface area (TPSA) is 74.4 Å². The summed E-state index contributed by atoms with van der Waals surface area (Å²) in [7, 11) is 0. The van der Waals surface area contributed by atoms with E-state index in [1.807, 2.05) is 0 Å². The Hall–Kier alpha value is -0.240. The minimum absolute atomic E-state index is 0.0570. The van der Waals surface area contributed by atoms with Gasteiger partial charge in [-0.1, -0.05) is 23.2 Å². The average molecular weight is 370 g/mol. The molecule has 2 N–H and O–H groups in total. The second-order valence-corrected chi connectivity index (χ2v) is 6.02. The minimum Gasteiger partial charge on any atom is -0.394 e. The van der Waals surface area contributed by atoms with Crippen molar-refractivity contribution in [2.24, 2.45) is 9.98 Å². The summed E-state index contributed by atoms with van der Waals surface area (Å²) in [5.41, 5.74) is 0. The van der Waals surface area contributed by atoms with Crippen LogP contribution in [0, 0.1) is 0 Å². The van der Waals surface area contributed by atoms with Crippen LogP contribution in [0.2, 0.25) is 10.0 Å². The molecule has 1 aromatic carbocycles. The van der Waals surface area contributed by atoms with E-state index in [1.165, 1.54) is 0 Å². The van der Waals surface area contributed by atoms with Crippen molar-refractivity contribution in [1.82, 2.24) is 0 Å². The number of benzene rings is 1. The third-order valence-electron chi connectivity index (χ3n) is 2.53. The van der Waals surface area contributed by atoms with E-state index in [0.717, 1.165) is 0 Å². The Morgan fingerprint density at radius 3 is 2.58 bits per heavy atom. The van der Waals surface area contributed by atoms with Crippen molar-refractivity contribution in [3.8, 4) is 0 Å². The van der Waals surface area contributed by atoms with Gasteiger partial charge in [-0.05, 0) is 28.1 Å². The molecule has 104 valence electrons. The molecule has 0 amide bonds. The maximum absolute atomic E-state index is 8.94. The summed E-state index contributed by atoms with van der Waals surface area (Å²) >= 11 is 15.3. The van der Waals surface area contributed by atoms with E-state index in [-0.39, 0.29) is 19.8 Å². The zero-order valence-corrected chi connectivity index (χ0v) is 12.8. The quantitative estimate of drug-likeness (QED) is 0.591. The van der Waals surface area contributed by atoms with Crippen LogP contribution in [0.5, 0.6) is 0 Å². The van der Waals surface area contributed by atoms with Gasteiger partial charge in [-0.25, -0.2) is 9.98 Å². The number of hydrogen-bond acceptors (Lipinski definition) is 5. The average Bonchev–Trinajstić information content (AvgIpc) is 2.74. The molecule has 0 aliphatic carbocycles. The number of aliphatic hydroxyl groups excluding tert-OH is 2. The van der Waals surface area contributed by atoms with Gasteiger partial charge in [-0.15, -0.1) is 0 Å². The van der Waals surface area contributed by atoms with Gasteiger partial charge < -0.3 is 14.9 Å². The molecule has 1 atom stereocenters. The van der Waals surface area contributed by atoms with Crippen molar-refractivity contribution in [3.63, 3.8) is 0 Å². The summed E-state index contributed by atoms with van der Waals surface area (Å²) in [5.74, 6) is 0. The normalized spacial score (nSPS) is 21.2. The Kier molecular flexibility index (Phi) is 4.81. The van der Waals surface area contributed by atoms with E-state index >= 15 is 0 Å². The highest BCUT2D eigenvalue weighted by Gasteiger charge is 2.30. The van der Waals surface area contributed by atoms with Crippen LogP contribution in [0.4, 0.5) is 0 Å². The predicted octanol–water partition coefficient (Wildman–Crippen LogP) is 0.665. The highest BCUT2D eigenvalue weighted by Crippen LogP contribution is 2.25. The number of aliphatic hydroxyl groups is 2. The third-order valence-corrected chi connectivity index (χ3v) is 3.91. The number of hydrogen-bond donors (Lipinski definition) is 2. The molecule has 8 heteroatoms. The summed E-state index contributed by atoms with van der Waals surface area (Å²) in [6, 6.07) is 3.36. The van der Waals surface area contributed by atoms with Gasteiger partial charge in [0.1, 0.15) is 18.1 Å². The molecule has 0 radical (unpaired) electrons. The number of rotatable bonds is 5. The molecule has 0 saturated carbocycles. The molecule has 1 aliphatic rings. The number of fused-ring (bicyclic) bond motifs is 1. The molecule has 1 aromatic rings. The molecule has 5 nitrogen and oxygen atoms in total. The van der Waals surface area contributed by atoms with Crippen molar-refractivity contribution in [3.05, 3.63) is 32.9 Å². The van der Waals surface area contributed by atoms with Crippen LogP contribution in [-0.4, -0.2) is 40.7 Å². The van der Waals surface area contributed by atoms with Gasteiger partial charge >= 0.3 is 0 Å². The highest BCUT2D eigenvalue weighted by molar-refractivity contribution is 9.10. The van der Waals surface area contributed by atoms with Crippen LogP contribution >= 0.6 is 39.1 Å². The van der Waals surface area contributed by atoms with E-state index in [1.54, 1.807) is 12.1 Å². The Morgan fingerprint density at radius 2 is 1.95 bits per heavy atom. The first-order valence-electron chi connectivity index (χ1n) is 5.45. The van der Waals surface area contributed by atoms with Gasteiger partial charge in [0.2, 0.25) is 4.57 Å². The maximum atomic E-state index is 8.94. The largest absolute Gasteiger partial charge is 0.394 e. The highest BCUT2D eigenvalue weighted by atomic mass is 79.9. The molecule has 19 heavy (non-hydrogen) atoms. The zero-order valence-electron chi connectivity index (χ0n) is 9.68. The number of nitrogens with zero attached hydrogens (tertiary/aromatic N) is 2. The lowest BCUT2D eigenvalue weighted by molar-refractivity contribution is -0.0262. The SMILES string of the molecule is OCC(CO)OCC1(Br)N=c2ccc(Cl)c(Cl)c2=N1. The summed E-state index contributed by atoms with van der Waals surface area (Å²) in [6.07, 6.45) is -0.664. The van der Waals surface area contributed by atoms with Gasteiger partial charge in [0.05, 0.1) is 28.6 Å². The second kappa shape index (κ2) is 6.03. The van der Waals surface area contributed by atoms with Gasteiger partial charge in [-0.2, -0.15) is 0 Å². The Bertz CT molecular complexity index is 594. The van der Waals surface area contributed by atoms with Gasteiger partial charge in [-0.3, -0.25) is 0 Å². The molecule has 2 rings (SSSR count). The molecule has 1 aliphatic heterocycles. The molecular formula is C11H11BrCl2N2O3. The van der Waals surface area contributed by atoms with Crippen molar-refractivity contribution in [2.45, 2.75) is 10.7 Å². The Balaban J connectivity index is 2.24. The third kappa shape index (κ3) is 3.26. The van der Waals surface area contributed by atoms with E-state index in [0.29, 0.717) is 20.8 Å². The number of ether oxygens (including phenoxy) is 1. The summed E-state index contributed by atoms with van der Waals surface area (Å²) in [6.45, 7) is -0.500. The fourth-order valence-electron chi connectivity index (χ4n) is 1.56. The van der Waals surface area contributed by atoms with Gasteiger partial charge in [0, 0.05) is 0 Å². The van der Waals surface area contributed by atoms with Crippen LogP contribution in [0.1, 0.15) is 0 Å². The maximum Gasteiger partial charge on any atom is 0.230 e. The monoisotopic (exact) mass is 368 g/mol. The zero-order chi connectivity index (χ0) is 14.0. The predicted molar refractivity (Wildman–Crippen MR) is 74.3 cm³/mol. The van der Waals surface area contributed by atoms with Crippen LogP contribution in [0.15, 0.2) is 22.1 Å². The molecule has 0 fully saturated rings. The fourth-order valence-corrected chi connectivity index (χ4v) is 2.41. The standard InChI is InChI=1S/C11H11BrCl2N2O3/c12-11(5-19-6(3-17)4-18)15-8-2-1-7(13)9(14)10(8)16-11/h1-2,6,17-18H,3-5H2. The van der Waals surface area contributed by atoms with Gasteiger partial charge in [0.25, 0.3) is 0 Å². The Labute approximate surface area is 127 Å². The van der Waals surface area contributed by atoms with Crippen LogP contribution in [-0.2, 0) is 4.74 Å². The molecule has 0 aromatic heterocycles. The van der Waals surface area contributed by atoms with E-state index in [9.17, 15) is 0 Å². The first-order chi connectivity index (χ1) is 8.99. The van der Waals surface area contributed by atoms with E-state index in [2.05, 4.69) is 25.9 Å². The van der Waals surface area contributed by atoms with Crippen LogP contribution in [0.25, 0.3) is 0 Å². The fraction of sp³-hybridized carbons (Fsp3) is 0.455. The van der Waals surface area contributed by atoms with Crippen LogP contribution in [0.3, 0.4) is 0 Å². The van der Waals surface area contributed by atoms with Gasteiger partial charge in [0.15, 0.2) is 0 Å². The lowest BCUT2D eigenvalue weighted by Crippen LogP contribution is -2.30. The number of halogens is 3. The molecule has 0 spiro atoms. The second-order valence-electron chi connectivity index (χ2n) is 3.97. The molecule has 1 unspecified atom stereocenters.